The average molecular weight is 351 g/mol. The van der Waals surface area contributed by atoms with Crippen LogP contribution in [0, 0.1) is 0 Å². The SMILES string of the molecule is C=CCc1ccccc1OCC(O)CSc1nnc(NCC)s1. The predicted molar refractivity (Wildman–Crippen MR) is 96.6 cm³/mol. The number of aromatic nitrogens is 2. The van der Waals surface area contributed by atoms with Crippen molar-refractivity contribution in [1.82, 2.24) is 10.2 Å². The Morgan fingerprint density at radius 1 is 1.43 bits per heavy atom. The number of nitrogens with one attached hydrogen (secondary N) is 1. The molecular formula is C16H21N3O2S2. The number of anilines is 1. The Hall–Kier alpha value is -1.57. The van der Waals surface area contributed by atoms with Gasteiger partial charge >= 0.3 is 0 Å². The molecule has 5 nitrogen and oxygen atoms in total. The second-order valence-corrected chi connectivity index (χ2v) is 7.02. The number of hydrogen-bond acceptors (Lipinski definition) is 7. The lowest BCUT2D eigenvalue weighted by molar-refractivity contribution is 0.126. The van der Waals surface area contributed by atoms with Crippen molar-refractivity contribution in [2.45, 2.75) is 23.8 Å². The molecule has 0 saturated heterocycles. The molecule has 1 heterocycles. The minimum atomic E-state index is -0.566. The molecule has 0 aliphatic heterocycles. The monoisotopic (exact) mass is 351 g/mol. The van der Waals surface area contributed by atoms with Gasteiger partial charge in [-0.15, -0.1) is 16.8 Å². The molecule has 124 valence electrons. The number of rotatable bonds is 10. The Bertz CT molecular complexity index is 619. The summed E-state index contributed by atoms with van der Waals surface area (Å²) in [5.41, 5.74) is 1.07. The van der Waals surface area contributed by atoms with Gasteiger partial charge < -0.3 is 15.2 Å². The van der Waals surface area contributed by atoms with Crippen LogP contribution in [-0.2, 0) is 6.42 Å². The number of thioether (sulfide) groups is 1. The van der Waals surface area contributed by atoms with Gasteiger partial charge in [-0.1, -0.05) is 47.4 Å². The normalized spacial score (nSPS) is 11.9. The van der Waals surface area contributed by atoms with E-state index in [1.54, 1.807) is 0 Å². The van der Waals surface area contributed by atoms with Crippen molar-refractivity contribution in [1.29, 1.82) is 0 Å². The van der Waals surface area contributed by atoms with Crippen LogP contribution in [0.15, 0.2) is 41.3 Å². The zero-order chi connectivity index (χ0) is 16.5. The minimum absolute atomic E-state index is 0.250. The average Bonchev–Trinajstić information content (AvgIpc) is 3.00. The summed E-state index contributed by atoms with van der Waals surface area (Å²) in [5.74, 6) is 1.31. The molecule has 0 spiro atoms. The van der Waals surface area contributed by atoms with Gasteiger partial charge in [-0.3, -0.25) is 0 Å². The lowest BCUT2D eigenvalue weighted by atomic mass is 10.1. The molecule has 1 unspecified atom stereocenters. The highest BCUT2D eigenvalue weighted by Gasteiger charge is 2.11. The van der Waals surface area contributed by atoms with Crippen molar-refractivity contribution in [3.63, 3.8) is 0 Å². The van der Waals surface area contributed by atoms with Gasteiger partial charge in [0.05, 0.1) is 6.10 Å². The van der Waals surface area contributed by atoms with E-state index in [0.29, 0.717) is 5.75 Å². The number of hydrogen-bond donors (Lipinski definition) is 2. The maximum Gasteiger partial charge on any atom is 0.206 e. The van der Waals surface area contributed by atoms with E-state index >= 15 is 0 Å². The smallest absolute Gasteiger partial charge is 0.206 e. The third kappa shape index (κ3) is 5.85. The van der Waals surface area contributed by atoms with Crippen molar-refractivity contribution in [2.75, 3.05) is 24.2 Å². The topological polar surface area (TPSA) is 67.3 Å². The highest BCUT2D eigenvalue weighted by atomic mass is 32.2. The second kappa shape index (κ2) is 9.54. The Balaban J connectivity index is 1.78. The molecule has 7 heteroatoms. The van der Waals surface area contributed by atoms with Crippen molar-refractivity contribution >= 4 is 28.2 Å². The third-order valence-electron chi connectivity index (χ3n) is 2.90. The first-order chi connectivity index (χ1) is 11.2. The van der Waals surface area contributed by atoms with E-state index in [0.717, 1.165) is 33.7 Å². The van der Waals surface area contributed by atoms with E-state index in [1.165, 1.54) is 23.1 Å². The summed E-state index contributed by atoms with van der Waals surface area (Å²) in [7, 11) is 0. The highest BCUT2D eigenvalue weighted by Crippen LogP contribution is 2.26. The quantitative estimate of drug-likeness (QED) is 0.506. The lowest BCUT2D eigenvalue weighted by Crippen LogP contribution is -2.20. The van der Waals surface area contributed by atoms with Crippen molar-refractivity contribution in [3.05, 3.63) is 42.5 Å². The predicted octanol–water partition coefficient (Wildman–Crippen LogP) is 3.23. The largest absolute Gasteiger partial charge is 0.491 e. The van der Waals surface area contributed by atoms with E-state index < -0.39 is 6.10 Å². The standard InChI is InChI=1S/C16H21N3O2S2/c1-3-7-12-8-5-6-9-14(12)21-10-13(20)11-22-16-19-18-15(23-16)17-4-2/h3,5-6,8-9,13,20H,1,4,7,10-11H2,2H3,(H,17,18). The van der Waals surface area contributed by atoms with Crippen LogP contribution in [0.25, 0.3) is 0 Å². The van der Waals surface area contributed by atoms with Gasteiger partial charge in [0.1, 0.15) is 12.4 Å². The van der Waals surface area contributed by atoms with Gasteiger partial charge in [0.2, 0.25) is 5.13 Å². The van der Waals surface area contributed by atoms with Crippen LogP contribution in [0.1, 0.15) is 12.5 Å². The molecule has 0 aliphatic carbocycles. The van der Waals surface area contributed by atoms with Crippen LogP contribution in [0.4, 0.5) is 5.13 Å². The molecule has 0 saturated carbocycles. The molecule has 0 radical (unpaired) electrons. The van der Waals surface area contributed by atoms with E-state index in [1.807, 2.05) is 37.3 Å². The van der Waals surface area contributed by atoms with E-state index in [9.17, 15) is 5.11 Å². The summed E-state index contributed by atoms with van der Waals surface area (Å²) >= 11 is 2.97. The number of benzene rings is 1. The first-order valence-corrected chi connectivity index (χ1v) is 9.23. The number of allylic oxidation sites excluding steroid dienone is 1. The van der Waals surface area contributed by atoms with Crippen LogP contribution in [0.3, 0.4) is 0 Å². The van der Waals surface area contributed by atoms with Crippen molar-refractivity contribution < 1.29 is 9.84 Å². The summed E-state index contributed by atoms with van der Waals surface area (Å²) in [6, 6.07) is 7.80. The molecule has 0 fully saturated rings. The lowest BCUT2D eigenvalue weighted by Gasteiger charge is -2.13. The molecule has 2 rings (SSSR count). The number of aliphatic hydroxyl groups is 1. The zero-order valence-corrected chi connectivity index (χ0v) is 14.7. The fraction of sp³-hybridized carbons (Fsp3) is 0.375. The highest BCUT2D eigenvalue weighted by molar-refractivity contribution is 8.01. The Kier molecular flexibility index (Phi) is 7.38. The molecule has 2 N–H and O–H groups in total. The van der Waals surface area contributed by atoms with E-state index in [2.05, 4.69) is 22.1 Å². The van der Waals surface area contributed by atoms with Gasteiger partial charge in [-0.25, -0.2) is 0 Å². The minimum Gasteiger partial charge on any atom is -0.491 e. The van der Waals surface area contributed by atoms with Crippen molar-refractivity contribution in [2.24, 2.45) is 0 Å². The van der Waals surface area contributed by atoms with Crippen LogP contribution in [0.5, 0.6) is 5.75 Å². The molecule has 1 aromatic heterocycles. The summed E-state index contributed by atoms with van der Waals surface area (Å²) in [5, 5.41) is 22.1. The summed E-state index contributed by atoms with van der Waals surface area (Å²) in [4.78, 5) is 0. The molecule has 0 aliphatic rings. The zero-order valence-electron chi connectivity index (χ0n) is 13.1. The maximum atomic E-state index is 10.1. The molecule has 1 atom stereocenters. The molecule has 2 aromatic rings. The summed E-state index contributed by atoms with van der Waals surface area (Å²) in [6.45, 7) is 6.83. The van der Waals surface area contributed by atoms with Gasteiger partial charge in [0, 0.05) is 12.3 Å². The van der Waals surface area contributed by atoms with Crippen molar-refractivity contribution in [3.8, 4) is 5.75 Å². The first-order valence-electron chi connectivity index (χ1n) is 7.42. The molecule has 0 bridgehead atoms. The Labute approximate surface area is 144 Å². The van der Waals surface area contributed by atoms with Gasteiger partial charge in [-0.05, 0) is 25.0 Å². The third-order valence-corrected chi connectivity index (χ3v) is 5.06. The first kappa shape index (κ1) is 17.8. The van der Waals surface area contributed by atoms with E-state index in [4.69, 9.17) is 4.74 Å². The van der Waals surface area contributed by atoms with Gasteiger partial charge in [-0.2, -0.15) is 0 Å². The van der Waals surface area contributed by atoms with Gasteiger partial charge in [0.25, 0.3) is 0 Å². The number of ether oxygens (including phenoxy) is 1. The van der Waals surface area contributed by atoms with Crippen LogP contribution < -0.4 is 10.1 Å². The Morgan fingerprint density at radius 2 is 2.26 bits per heavy atom. The van der Waals surface area contributed by atoms with Crippen LogP contribution in [-0.4, -0.2) is 40.3 Å². The number of aliphatic hydroxyl groups excluding tert-OH is 1. The molecule has 0 amide bonds. The molecule has 23 heavy (non-hydrogen) atoms. The fourth-order valence-electron chi connectivity index (χ4n) is 1.86. The second-order valence-electron chi connectivity index (χ2n) is 4.78. The van der Waals surface area contributed by atoms with Gasteiger partial charge in [0.15, 0.2) is 4.34 Å². The van der Waals surface area contributed by atoms with Crippen LogP contribution >= 0.6 is 23.1 Å². The maximum absolute atomic E-state index is 10.1. The summed E-state index contributed by atoms with van der Waals surface area (Å²) in [6.07, 6.45) is 2.02. The molecule has 1 aromatic carbocycles. The summed E-state index contributed by atoms with van der Waals surface area (Å²) < 4.78 is 6.57. The number of para-hydroxylation sites is 1. The van der Waals surface area contributed by atoms with Crippen LogP contribution in [0.2, 0.25) is 0 Å². The van der Waals surface area contributed by atoms with E-state index in [-0.39, 0.29) is 6.61 Å². The Morgan fingerprint density at radius 3 is 3.04 bits per heavy atom. The number of nitrogens with zero attached hydrogens (tertiary/aromatic N) is 2. The molecular weight excluding hydrogens is 330 g/mol. The fourth-order valence-corrected chi connectivity index (χ4v) is 3.61.